The van der Waals surface area contributed by atoms with E-state index in [2.05, 4.69) is 29.5 Å². The molecule has 6 nitrogen and oxygen atoms in total. The summed E-state index contributed by atoms with van der Waals surface area (Å²) < 4.78 is 5.82. The van der Waals surface area contributed by atoms with Crippen LogP contribution < -0.4 is 10.6 Å². The number of anilines is 1. The molecule has 0 aliphatic rings. The maximum absolute atomic E-state index is 11.8. The number of hydrogen-bond acceptors (Lipinski definition) is 5. The molecule has 1 amide bonds. The Morgan fingerprint density at radius 2 is 1.89 bits per heavy atom. The third-order valence-electron chi connectivity index (χ3n) is 4.32. The minimum absolute atomic E-state index is 0.0401. The number of thiocarbonyl (C=S) groups is 1. The van der Waals surface area contributed by atoms with E-state index in [9.17, 15) is 9.90 Å². The number of phenols is 1. The number of oxazole rings is 1. The van der Waals surface area contributed by atoms with Gasteiger partial charge in [-0.2, -0.15) is 0 Å². The third-order valence-corrected chi connectivity index (χ3v) is 4.53. The second kappa shape index (κ2) is 7.98. The van der Waals surface area contributed by atoms with Crippen LogP contribution in [0.5, 0.6) is 5.75 Å². The van der Waals surface area contributed by atoms with Crippen LogP contribution in [0.3, 0.4) is 0 Å². The molecule has 0 aliphatic heterocycles. The van der Waals surface area contributed by atoms with Gasteiger partial charge in [-0.05, 0) is 54.0 Å². The smallest absolute Gasteiger partial charge is 0.231 e. The van der Waals surface area contributed by atoms with Crippen LogP contribution in [0.2, 0.25) is 0 Å². The van der Waals surface area contributed by atoms with Crippen molar-refractivity contribution in [2.45, 2.75) is 33.6 Å². The number of carbonyl (C=O) groups excluding carboxylic acids is 1. The number of carbonyl (C=O) groups is 1. The van der Waals surface area contributed by atoms with Gasteiger partial charge in [-0.15, -0.1) is 0 Å². The predicted octanol–water partition coefficient (Wildman–Crippen LogP) is 4.79. The van der Waals surface area contributed by atoms with Gasteiger partial charge in [0.25, 0.3) is 0 Å². The largest absolute Gasteiger partial charge is 0.507 e. The van der Waals surface area contributed by atoms with Gasteiger partial charge in [-0.1, -0.05) is 33.8 Å². The van der Waals surface area contributed by atoms with Gasteiger partial charge in [0.15, 0.2) is 10.7 Å². The Hall–Kier alpha value is -2.93. The van der Waals surface area contributed by atoms with E-state index in [1.165, 1.54) is 11.6 Å². The van der Waals surface area contributed by atoms with Gasteiger partial charge in [0, 0.05) is 11.6 Å². The lowest BCUT2D eigenvalue weighted by atomic mass is 10.0. The summed E-state index contributed by atoms with van der Waals surface area (Å²) in [5, 5.41) is 16.0. The first-order valence-corrected chi connectivity index (χ1v) is 9.51. The minimum atomic E-state index is -0.175. The quantitative estimate of drug-likeness (QED) is 0.433. The number of amides is 1. The molecule has 0 fully saturated rings. The van der Waals surface area contributed by atoms with Crippen molar-refractivity contribution in [1.29, 1.82) is 0 Å². The van der Waals surface area contributed by atoms with Crippen LogP contribution in [-0.4, -0.2) is 21.1 Å². The number of aromatic hydroxyl groups is 1. The standard InChI is InChI=1S/C21H23N3O3S/c1-11(2)13-5-8-18-16(9-13)23-20(27-18)15-10-14(6-7-17(15)25)22-21(28)24-19(26)12(3)4/h5-12,25H,1-4H3,(H2,22,24,26,28). The first-order valence-electron chi connectivity index (χ1n) is 9.10. The predicted molar refractivity (Wildman–Crippen MR) is 114 cm³/mol. The van der Waals surface area contributed by atoms with Gasteiger partial charge in [0.1, 0.15) is 11.3 Å². The van der Waals surface area contributed by atoms with Crippen molar-refractivity contribution >= 4 is 40.0 Å². The lowest BCUT2D eigenvalue weighted by Crippen LogP contribution is -2.36. The lowest BCUT2D eigenvalue weighted by Gasteiger charge is -2.12. The number of hydrogen-bond donors (Lipinski definition) is 3. The number of benzene rings is 2. The van der Waals surface area contributed by atoms with Gasteiger partial charge in [-0.25, -0.2) is 4.98 Å². The molecule has 0 radical (unpaired) electrons. The Morgan fingerprint density at radius 3 is 2.57 bits per heavy atom. The zero-order valence-electron chi connectivity index (χ0n) is 16.2. The zero-order chi connectivity index (χ0) is 20.4. The number of nitrogens with one attached hydrogen (secondary N) is 2. The maximum atomic E-state index is 11.8. The third kappa shape index (κ3) is 4.31. The fourth-order valence-electron chi connectivity index (χ4n) is 2.62. The normalized spacial score (nSPS) is 11.2. The first kappa shape index (κ1) is 19.8. The summed E-state index contributed by atoms with van der Waals surface area (Å²) in [6, 6.07) is 10.7. The Bertz CT molecular complexity index is 1040. The molecule has 2 aromatic carbocycles. The molecule has 0 bridgehead atoms. The average molecular weight is 398 g/mol. The number of rotatable bonds is 4. The second-order valence-corrected chi connectivity index (χ2v) is 7.64. The summed E-state index contributed by atoms with van der Waals surface area (Å²) in [6.45, 7) is 7.80. The van der Waals surface area contributed by atoms with Gasteiger partial charge in [-0.3, -0.25) is 4.79 Å². The molecule has 3 aromatic rings. The highest BCUT2D eigenvalue weighted by molar-refractivity contribution is 7.80. The van der Waals surface area contributed by atoms with Crippen LogP contribution >= 0.6 is 12.2 Å². The molecule has 0 aliphatic carbocycles. The van der Waals surface area contributed by atoms with Crippen molar-refractivity contribution in [3.63, 3.8) is 0 Å². The van der Waals surface area contributed by atoms with Crippen LogP contribution in [0.1, 0.15) is 39.2 Å². The van der Waals surface area contributed by atoms with Crippen molar-refractivity contribution < 1.29 is 14.3 Å². The van der Waals surface area contributed by atoms with E-state index in [1.807, 2.05) is 18.2 Å². The number of aromatic nitrogens is 1. The van der Waals surface area contributed by atoms with E-state index >= 15 is 0 Å². The van der Waals surface area contributed by atoms with E-state index in [-0.39, 0.29) is 22.7 Å². The van der Waals surface area contributed by atoms with E-state index in [0.717, 1.165) is 5.52 Å². The zero-order valence-corrected chi connectivity index (χ0v) is 17.1. The fraction of sp³-hybridized carbons (Fsp3) is 0.286. The molecule has 0 spiro atoms. The highest BCUT2D eigenvalue weighted by atomic mass is 32.1. The molecule has 28 heavy (non-hydrogen) atoms. The summed E-state index contributed by atoms with van der Waals surface area (Å²) in [7, 11) is 0. The van der Waals surface area contributed by atoms with E-state index in [4.69, 9.17) is 16.6 Å². The molecule has 146 valence electrons. The van der Waals surface area contributed by atoms with E-state index in [1.54, 1.807) is 26.0 Å². The molecule has 1 aromatic heterocycles. The molecule has 0 saturated carbocycles. The molecule has 0 atom stereocenters. The Kier molecular flexibility index (Phi) is 5.65. The SMILES string of the molecule is CC(C)C(=O)NC(=S)Nc1ccc(O)c(-c2nc3cc(C(C)C)ccc3o2)c1. The van der Waals surface area contributed by atoms with Crippen LogP contribution in [0.4, 0.5) is 5.69 Å². The van der Waals surface area contributed by atoms with Crippen LogP contribution in [-0.2, 0) is 4.79 Å². The van der Waals surface area contributed by atoms with E-state index < -0.39 is 0 Å². The molecular formula is C21H23N3O3S. The topological polar surface area (TPSA) is 87.4 Å². The monoisotopic (exact) mass is 397 g/mol. The highest BCUT2D eigenvalue weighted by Crippen LogP contribution is 2.34. The van der Waals surface area contributed by atoms with Crippen molar-refractivity contribution in [3.8, 4) is 17.2 Å². The first-order chi connectivity index (χ1) is 13.2. The Labute approximate surface area is 169 Å². The van der Waals surface area contributed by atoms with Crippen LogP contribution in [0, 0.1) is 5.92 Å². The number of nitrogens with zero attached hydrogens (tertiary/aromatic N) is 1. The van der Waals surface area contributed by atoms with Gasteiger partial charge in [0.2, 0.25) is 11.8 Å². The van der Waals surface area contributed by atoms with Crippen molar-refractivity contribution in [3.05, 3.63) is 42.0 Å². The van der Waals surface area contributed by atoms with Gasteiger partial charge >= 0.3 is 0 Å². The molecule has 1 heterocycles. The summed E-state index contributed by atoms with van der Waals surface area (Å²) in [5.41, 5.74) is 3.59. The fourth-order valence-corrected chi connectivity index (χ4v) is 2.84. The van der Waals surface area contributed by atoms with Crippen molar-refractivity contribution in [2.24, 2.45) is 5.92 Å². The summed E-state index contributed by atoms with van der Waals surface area (Å²) in [6.07, 6.45) is 0. The Balaban J connectivity index is 1.88. The second-order valence-electron chi connectivity index (χ2n) is 7.23. The lowest BCUT2D eigenvalue weighted by molar-refractivity contribution is -0.122. The number of phenolic OH excluding ortho intramolecular Hbond substituents is 1. The summed E-state index contributed by atoms with van der Waals surface area (Å²) in [5.74, 6) is 0.391. The summed E-state index contributed by atoms with van der Waals surface area (Å²) >= 11 is 5.17. The molecular weight excluding hydrogens is 374 g/mol. The van der Waals surface area contributed by atoms with E-state index in [0.29, 0.717) is 28.6 Å². The average Bonchev–Trinajstić information content (AvgIpc) is 3.05. The molecule has 7 heteroatoms. The minimum Gasteiger partial charge on any atom is -0.507 e. The maximum Gasteiger partial charge on any atom is 0.231 e. The number of fused-ring (bicyclic) bond motifs is 1. The molecule has 3 rings (SSSR count). The van der Waals surface area contributed by atoms with Crippen LogP contribution in [0.25, 0.3) is 22.6 Å². The summed E-state index contributed by atoms with van der Waals surface area (Å²) in [4.78, 5) is 16.3. The Morgan fingerprint density at radius 1 is 1.14 bits per heavy atom. The van der Waals surface area contributed by atoms with Crippen molar-refractivity contribution in [1.82, 2.24) is 10.3 Å². The van der Waals surface area contributed by atoms with Crippen LogP contribution in [0.15, 0.2) is 40.8 Å². The van der Waals surface area contributed by atoms with Gasteiger partial charge in [0.05, 0.1) is 5.56 Å². The highest BCUT2D eigenvalue weighted by Gasteiger charge is 2.15. The molecule has 0 saturated heterocycles. The van der Waals surface area contributed by atoms with Gasteiger partial charge < -0.3 is 20.2 Å². The van der Waals surface area contributed by atoms with Crippen molar-refractivity contribution in [2.75, 3.05) is 5.32 Å². The molecule has 3 N–H and O–H groups in total. The molecule has 0 unspecified atom stereocenters.